The topological polar surface area (TPSA) is 53.4 Å². The maximum Gasteiger partial charge on any atom is 0.411 e. The fourth-order valence-corrected chi connectivity index (χ4v) is 1.26. The Morgan fingerprint density at radius 2 is 1.83 bits per heavy atom. The van der Waals surface area contributed by atoms with Gasteiger partial charge in [-0.05, 0) is 36.8 Å². The molecule has 94 valence electrons. The molecule has 0 aliphatic heterocycles. The van der Waals surface area contributed by atoms with E-state index in [4.69, 9.17) is 5.11 Å². The molecule has 1 aromatic heterocycles. The van der Waals surface area contributed by atoms with Crippen molar-refractivity contribution >= 4 is 11.8 Å². The number of amides is 1. The molecule has 0 spiro atoms. The van der Waals surface area contributed by atoms with Crippen LogP contribution in [0.5, 0.6) is 0 Å². The van der Waals surface area contributed by atoms with E-state index in [-0.39, 0.29) is 0 Å². The van der Waals surface area contributed by atoms with Crippen molar-refractivity contribution in [1.82, 2.24) is 4.98 Å². The zero-order valence-corrected chi connectivity index (χ0v) is 10.4. The summed E-state index contributed by atoms with van der Waals surface area (Å²) in [7, 11) is 1.52. The molecule has 0 unspecified atom stereocenters. The van der Waals surface area contributed by atoms with Gasteiger partial charge in [-0.3, -0.25) is 9.88 Å². The molecule has 0 fully saturated rings. The molecule has 1 aromatic carbocycles. The van der Waals surface area contributed by atoms with Gasteiger partial charge >= 0.3 is 6.09 Å². The normalized spacial score (nSPS) is 9.00. The Balaban J connectivity index is 0.000000225. The summed E-state index contributed by atoms with van der Waals surface area (Å²) in [5.41, 5.74) is 1.75. The Morgan fingerprint density at radius 3 is 2.22 bits per heavy atom. The fraction of sp³-hybridized carbons (Fsp3) is 0.143. The van der Waals surface area contributed by atoms with E-state index in [9.17, 15) is 4.79 Å². The molecule has 4 nitrogen and oxygen atoms in total. The summed E-state index contributed by atoms with van der Waals surface area (Å²) in [5.74, 6) is 0. The lowest BCUT2D eigenvalue weighted by molar-refractivity contribution is 0.203. The van der Waals surface area contributed by atoms with Crippen molar-refractivity contribution in [2.75, 3.05) is 11.9 Å². The van der Waals surface area contributed by atoms with E-state index in [1.807, 2.05) is 43.3 Å². The molecule has 2 rings (SSSR count). The average Bonchev–Trinajstić information content (AvgIpc) is 2.40. The summed E-state index contributed by atoms with van der Waals surface area (Å²) in [5, 5.41) is 8.65. The number of nitrogens with zero attached hydrogens (tertiary/aromatic N) is 2. The quantitative estimate of drug-likeness (QED) is 0.838. The molecule has 0 saturated carbocycles. The van der Waals surface area contributed by atoms with Crippen molar-refractivity contribution in [2.45, 2.75) is 6.92 Å². The highest BCUT2D eigenvalue weighted by molar-refractivity contribution is 5.85. The molecule has 0 aliphatic rings. The molecule has 18 heavy (non-hydrogen) atoms. The Hall–Kier alpha value is -2.36. The van der Waals surface area contributed by atoms with Gasteiger partial charge in [0.15, 0.2) is 0 Å². The van der Waals surface area contributed by atoms with Gasteiger partial charge < -0.3 is 5.11 Å². The van der Waals surface area contributed by atoms with Gasteiger partial charge in [-0.15, -0.1) is 0 Å². The maximum atomic E-state index is 10.5. The van der Waals surface area contributed by atoms with E-state index >= 15 is 0 Å². The van der Waals surface area contributed by atoms with Gasteiger partial charge in [0.05, 0.1) is 0 Å². The zero-order valence-electron chi connectivity index (χ0n) is 10.4. The highest BCUT2D eigenvalue weighted by Gasteiger charge is 2.06. The summed E-state index contributed by atoms with van der Waals surface area (Å²) >= 11 is 0. The number of anilines is 1. The van der Waals surface area contributed by atoms with Gasteiger partial charge in [-0.2, -0.15) is 0 Å². The molecule has 1 amide bonds. The first kappa shape index (κ1) is 13.7. The minimum atomic E-state index is -0.944. The van der Waals surface area contributed by atoms with E-state index < -0.39 is 6.09 Å². The Kier molecular flexibility index (Phi) is 5.38. The van der Waals surface area contributed by atoms with Crippen molar-refractivity contribution in [1.29, 1.82) is 0 Å². The Bertz CT molecular complexity index is 459. The predicted octanol–water partition coefficient (Wildman–Crippen LogP) is 3.19. The molecular weight excluding hydrogens is 228 g/mol. The lowest BCUT2D eigenvalue weighted by Gasteiger charge is -2.12. The third-order valence-electron chi connectivity index (χ3n) is 2.24. The van der Waals surface area contributed by atoms with Crippen molar-refractivity contribution in [3.05, 3.63) is 60.4 Å². The predicted molar refractivity (Wildman–Crippen MR) is 71.8 cm³/mol. The maximum absolute atomic E-state index is 10.5. The van der Waals surface area contributed by atoms with Crippen molar-refractivity contribution in [3.63, 3.8) is 0 Å². The number of aryl methyl sites for hydroxylation is 1. The van der Waals surface area contributed by atoms with Gasteiger partial charge in [-0.25, -0.2) is 4.79 Å². The van der Waals surface area contributed by atoms with Crippen LogP contribution >= 0.6 is 0 Å². The van der Waals surface area contributed by atoms with Gasteiger partial charge in [-0.1, -0.05) is 18.2 Å². The number of carboxylic acid groups (broad SMARTS) is 1. The molecule has 2 aromatic rings. The van der Waals surface area contributed by atoms with Crippen molar-refractivity contribution < 1.29 is 9.90 Å². The second-order valence-corrected chi connectivity index (χ2v) is 3.71. The number of carbonyl (C=O) groups is 1. The van der Waals surface area contributed by atoms with Crippen LogP contribution in [0, 0.1) is 6.92 Å². The first-order valence-electron chi connectivity index (χ1n) is 5.49. The monoisotopic (exact) mass is 244 g/mol. The first-order chi connectivity index (χ1) is 8.61. The fourth-order valence-electron chi connectivity index (χ4n) is 1.26. The zero-order chi connectivity index (χ0) is 13.4. The number of benzene rings is 1. The van der Waals surface area contributed by atoms with Crippen LogP contribution in [-0.2, 0) is 0 Å². The van der Waals surface area contributed by atoms with Gasteiger partial charge in [0.2, 0.25) is 0 Å². The van der Waals surface area contributed by atoms with Crippen LogP contribution < -0.4 is 4.90 Å². The third kappa shape index (κ3) is 4.65. The summed E-state index contributed by atoms with van der Waals surface area (Å²) in [6.07, 6.45) is 2.56. The third-order valence-corrected chi connectivity index (χ3v) is 2.24. The van der Waals surface area contributed by atoms with Crippen LogP contribution in [-0.4, -0.2) is 23.2 Å². The number of rotatable bonds is 1. The molecule has 0 saturated heterocycles. The smallest absolute Gasteiger partial charge is 0.411 e. The number of hydrogen-bond acceptors (Lipinski definition) is 2. The number of aromatic nitrogens is 1. The van der Waals surface area contributed by atoms with E-state index in [1.54, 1.807) is 18.5 Å². The second kappa shape index (κ2) is 7.06. The SMILES string of the molecule is Cc1cccc(N(C)C(=O)O)c1.c1ccncc1. The van der Waals surface area contributed by atoms with Gasteiger partial charge in [0.1, 0.15) is 0 Å². The van der Waals surface area contributed by atoms with Crippen LogP contribution in [0.3, 0.4) is 0 Å². The first-order valence-corrected chi connectivity index (χ1v) is 5.49. The van der Waals surface area contributed by atoms with Crippen LogP contribution in [0.25, 0.3) is 0 Å². The van der Waals surface area contributed by atoms with E-state index in [1.165, 1.54) is 11.9 Å². The van der Waals surface area contributed by atoms with Crippen molar-refractivity contribution in [2.24, 2.45) is 0 Å². The van der Waals surface area contributed by atoms with Crippen molar-refractivity contribution in [3.8, 4) is 0 Å². The van der Waals surface area contributed by atoms with Crippen LogP contribution in [0.4, 0.5) is 10.5 Å². The number of hydrogen-bond donors (Lipinski definition) is 1. The molecule has 4 heteroatoms. The highest BCUT2D eigenvalue weighted by atomic mass is 16.4. The summed E-state index contributed by atoms with van der Waals surface area (Å²) < 4.78 is 0. The lowest BCUT2D eigenvalue weighted by atomic mass is 10.2. The van der Waals surface area contributed by atoms with Crippen LogP contribution in [0.1, 0.15) is 5.56 Å². The lowest BCUT2D eigenvalue weighted by Crippen LogP contribution is -2.23. The van der Waals surface area contributed by atoms with Crippen LogP contribution in [0.2, 0.25) is 0 Å². The standard InChI is InChI=1S/C9H11NO2.C5H5N/c1-7-4-3-5-8(6-7)10(2)9(11)12;1-2-4-6-5-3-1/h3-6H,1-2H3,(H,11,12);1-5H. The molecule has 0 bridgehead atoms. The number of pyridine rings is 1. The summed E-state index contributed by atoms with van der Waals surface area (Å²) in [6.45, 7) is 1.93. The molecule has 1 heterocycles. The highest BCUT2D eigenvalue weighted by Crippen LogP contribution is 2.13. The minimum absolute atomic E-state index is 0.697. The average molecular weight is 244 g/mol. The van der Waals surface area contributed by atoms with E-state index in [0.717, 1.165) is 5.56 Å². The summed E-state index contributed by atoms with van der Waals surface area (Å²) in [4.78, 5) is 15.5. The van der Waals surface area contributed by atoms with Gasteiger partial charge in [0, 0.05) is 25.1 Å². The Morgan fingerprint density at radius 1 is 1.17 bits per heavy atom. The van der Waals surface area contributed by atoms with E-state index in [0.29, 0.717) is 5.69 Å². The van der Waals surface area contributed by atoms with E-state index in [2.05, 4.69) is 4.98 Å². The van der Waals surface area contributed by atoms with Crippen LogP contribution in [0.15, 0.2) is 54.9 Å². The molecular formula is C14H16N2O2. The molecule has 0 radical (unpaired) electrons. The minimum Gasteiger partial charge on any atom is -0.465 e. The largest absolute Gasteiger partial charge is 0.465 e. The molecule has 0 atom stereocenters. The Labute approximate surface area is 107 Å². The second-order valence-electron chi connectivity index (χ2n) is 3.71. The van der Waals surface area contributed by atoms with Gasteiger partial charge in [0.25, 0.3) is 0 Å². The molecule has 1 N–H and O–H groups in total. The molecule has 0 aliphatic carbocycles. The summed E-state index contributed by atoms with van der Waals surface area (Å²) in [6, 6.07) is 13.1.